The summed E-state index contributed by atoms with van der Waals surface area (Å²) >= 11 is 0. The first kappa shape index (κ1) is 19.0. The Morgan fingerprint density at radius 2 is 2.15 bits per heavy atom. The molecular formula is C20H24N4O3. The van der Waals surface area contributed by atoms with Crippen LogP contribution in [0.1, 0.15) is 20.7 Å². The van der Waals surface area contributed by atoms with E-state index in [9.17, 15) is 9.59 Å². The number of nitrogens with zero attached hydrogens (tertiary/aromatic N) is 2. The molecule has 3 N–H and O–H groups in total. The van der Waals surface area contributed by atoms with Crippen LogP contribution in [0.4, 0.5) is 0 Å². The second-order valence-electron chi connectivity index (χ2n) is 6.79. The van der Waals surface area contributed by atoms with E-state index in [0.717, 1.165) is 25.3 Å². The van der Waals surface area contributed by atoms with Crippen molar-refractivity contribution >= 4 is 11.8 Å². The van der Waals surface area contributed by atoms with Gasteiger partial charge >= 0.3 is 0 Å². The maximum atomic E-state index is 12.5. The molecule has 0 spiro atoms. The van der Waals surface area contributed by atoms with Gasteiger partial charge in [0.05, 0.1) is 24.5 Å². The predicted octanol–water partition coefficient (Wildman–Crippen LogP) is 1.16. The van der Waals surface area contributed by atoms with E-state index in [1.807, 2.05) is 12.1 Å². The molecular weight excluding hydrogens is 344 g/mol. The molecule has 1 aliphatic rings. The Labute approximate surface area is 158 Å². The van der Waals surface area contributed by atoms with Crippen molar-refractivity contribution < 1.29 is 14.3 Å². The van der Waals surface area contributed by atoms with E-state index in [4.69, 9.17) is 10.5 Å². The Balaban J connectivity index is 1.65. The number of amides is 2. The van der Waals surface area contributed by atoms with Crippen LogP contribution in [0.2, 0.25) is 0 Å². The van der Waals surface area contributed by atoms with Crippen molar-refractivity contribution in [3.05, 3.63) is 53.7 Å². The van der Waals surface area contributed by atoms with Crippen molar-refractivity contribution in [2.45, 2.75) is 0 Å². The molecule has 0 saturated carbocycles. The number of rotatable bonds is 5. The number of pyridine rings is 1. The molecule has 3 rings (SSSR count). The fourth-order valence-electron chi connectivity index (χ4n) is 3.05. The minimum absolute atomic E-state index is 0.127. The number of ether oxygens (including phenoxy) is 1. The zero-order chi connectivity index (χ0) is 19.2. The predicted molar refractivity (Wildman–Crippen MR) is 102 cm³/mol. The van der Waals surface area contributed by atoms with Gasteiger partial charge in [0, 0.05) is 42.9 Å². The average Bonchev–Trinajstić information content (AvgIpc) is 2.90. The summed E-state index contributed by atoms with van der Waals surface area (Å²) in [7, 11) is 2.06. The maximum absolute atomic E-state index is 12.5. The van der Waals surface area contributed by atoms with Crippen molar-refractivity contribution in [3.63, 3.8) is 0 Å². The van der Waals surface area contributed by atoms with Gasteiger partial charge in [0.2, 0.25) is 5.91 Å². The summed E-state index contributed by atoms with van der Waals surface area (Å²) in [4.78, 5) is 30.2. The van der Waals surface area contributed by atoms with E-state index in [1.165, 1.54) is 6.20 Å². The van der Waals surface area contributed by atoms with Crippen LogP contribution in [-0.4, -0.2) is 61.6 Å². The van der Waals surface area contributed by atoms with Gasteiger partial charge in [-0.3, -0.25) is 14.6 Å². The van der Waals surface area contributed by atoms with Gasteiger partial charge < -0.3 is 20.7 Å². The van der Waals surface area contributed by atoms with E-state index in [2.05, 4.69) is 22.2 Å². The molecule has 1 aromatic heterocycles. The molecule has 1 saturated heterocycles. The van der Waals surface area contributed by atoms with Crippen LogP contribution in [0, 0.1) is 5.92 Å². The second kappa shape index (κ2) is 8.75. The summed E-state index contributed by atoms with van der Waals surface area (Å²) in [5.41, 5.74) is 7.63. The molecule has 1 atom stereocenters. The summed E-state index contributed by atoms with van der Waals surface area (Å²) < 4.78 is 5.58. The van der Waals surface area contributed by atoms with Crippen LogP contribution >= 0.6 is 0 Å². The lowest BCUT2D eigenvalue weighted by molar-refractivity contribution is 0.0920. The number of nitrogens with two attached hydrogens (primary N) is 1. The third kappa shape index (κ3) is 5.12. The number of carbonyl (C=O) groups excluding carboxylic acids is 2. The Bertz CT molecular complexity index is 807. The Morgan fingerprint density at radius 3 is 2.89 bits per heavy atom. The first-order valence-electron chi connectivity index (χ1n) is 8.93. The van der Waals surface area contributed by atoms with E-state index < -0.39 is 5.91 Å². The minimum atomic E-state index is -0.518. The molecule has 2 aromatic rings. The first-order chi connectivity index (χ1) is 13.0. The van der Waals surface area contributed by atoms with Crippen LogP contribution < -0.4 is 11.1 Å². The molecule has 7 heteroatoms. The van der Waals surface area contributed by atoms with Crippen LogP contribution in [-0.2, 0) is 4.74 Å². The molecule has 7 nitrogen and oxygen atoms in total. The van der Waals surface area contributed by atoms with Gasteiger partial charge in [0.15, 0.2) is 0 Å². The van der Waals surface area contributed by atoms with Crippen molar-refractivity contribution in [2.75, 3.05) is 39.9 Å². The summed E-state index contributed by atoms with van der Waals surface area (Å²) in [6, 6.07) is 10.6. The van der Waals surface area contributed by atoms with Crippen LogP contribution in [0.3, 0.4) is 0 Å². The number of likely N-dealkylation sites (N-methyl/N-ethyl adjacent to an activating group) is 1. The van der Waals surface area contributed by atoms with Gasteiger partial charge in [-0.2, -0.15) is 0 Å². The molecule has 0 bridgehead atoms. The van der Waals surface area contributed by atoms with Gasteiger partial charge in [-0.15, -0.1) is 0 Å². The van der Waals surface area contributed by atoms with E-state index in [1.54, 1.807) is 24.3 Å². The average molecular weight is 368 g/mol. The summed E-state index contributed by atoms with van der Waals surface area (Å²) in [5, 5.41) is 2.99. The van der Waals surface area contributed by atoms with Gasteiger partial charge in [-0.05, 0) is 31.3 Å². The normalized spacial score (nSPS) is 17.9. The molecule has 27 heavy (non-hydrogen) atoms. The van der Waals surface area contributed by atoms with E-state index >= 15 is 0 Å². The third-order valence-electron chi connectivity index (χ3n) is 4.56. The van der Waals surface area contributed by atoms with Crippen LogP contribution in [0.15, 0.2) is 42.6 Å². The van der Waals surface area contributed by atoms with Gasteiger partial charge in [-0.1, -0.05) is 12.1 Å². The maximum Gasteiger partial charge on any atom is 0.251 e. The van der Waals surface area contributed by atoms with Gasteiger partial charge in [0.1, 0.15) is 0 Å². The Hall–Kier alpha value is -2.77. The second-order valence-corrected chi connectivity index (χ2v) is 6.79. The first-order valence-corrected chi connectivity index (χ1v) is 8.93. The lowest BCUT2D eigenvalue weighted by Crippen LogP contribution is -2.35. The van der Waals surface area contributed by atoms with Gasteiger partial charge in [0.25, 0.3) is 5.91 Å². The van der Waals surface area contributed by atoms with E-state index in [-0.39, 0.29) is 11.8 Å². The lowest BCUT2D eigenvalue weighted by atomic mass is 10.1. The number of benzene rings is 1. The van der Waals surface area contributed by atoms with Crippen molar-refractivity contribution in [2.24, 2.45) is 11.7 Å². The van der Waals surface area contributed by atoms with Crippen LogP contribution in [0.5, 0.6) is 0 Å². The highest BCUT2D eigenvalue weighted by Crippen LogP contribution is 2.18. The third-order valence-corrected chi connectivity index (χ3v) is 4.56. The fraction of sp³-hybridized carbons (Fsp3) is 0.350. The molecule has 1 aromatic carbocycles. The highest BCUT2D eigenvalue weighted by atomic mass is 16.5. The number of hydrogen-bond acceptors (Lipinski definition) is 5. The molecule has 1 fully saturated rings. The summed E-state index contributed by atoms with van der Waals surface area (Å²) in [6.45, 7) is 3.76. The Morgan fingerprint density at radius 1 is 1.30 bits per heavy atom. The number of carbonyl (C=O) groups is 2. The molecule has 1 aliphatic heterocycles. The minimum Gasteiger partial charge on any atom is -0.380 e. The largest absolute Gasteiger partial charge is 0.380 e. The summed E-state index contributed by atoms with van der Waals surface area (Å²) in [5.74, 6) is -0.375. The molecule has 0 unspecified atom stereocenters. The van der Waals surface area contributed by atoms with Crippen molar-refractivity contribution in [1.29, 1.82) is 0 Å². The zero-order valence-corrected chi connectivity index (χ0v) is 15.4. The molecule has 2 amide bonds. The van der Waals surface area contributed by atoms with E-state index in [0.29, 0.717) is 30.0 Å². The molecule has 2 heterocycles. The number of hydrogen-bond donors (Lipinski definition) is 2. The highest BCUT2D eigenvalue weighted by molar-refractivity contribution is 5.95. The molecule has 142 valence electrons. The lowest BCUT2D eigenvalue weighted by Gasteiger charge is -2.19. The molecule has 0 radical (unpaired) electrons. The topological polar surface area (TPSA) is 97.5 Å². The fourth-order valence-corrected chi connectivity index (χ4v) is 3.05. The number of nitrogens with one attached hydrogen (secondary N) is 1. The van der Waals surface area contributed by atoms with Crippen LogP contribution in [0.25, 0.3) is 11.3 Å². The zero-order valence-electron chi connectivity index (χ0n) is 15.4. The number of aromatic nitrogens is 1. The van der Waals surface area contributed by atoms with Crippen molar-refractivity contribution in [1.82, 2.24) is 15.2 Å². The smallest absolute Gasteiger partial charge is 0.251 e. The standard InChI is InChI=1S/C20H24N4O3/c1-24-7-8-27-13-14(12-24)10-23-20(26)16-4-2-3-15(9-16)18-6-5-17(11-22-18)19(21)25/h2-6,9,11,14H,7-8,10,12-13H2,1H3,(H2,21,25)(H,23,26)/t14-/m1/s1. The Kier molecular flexibility index (Phi) is 6.16. The monoisotopic (exact) mass is 368 g/mol. The number of primary amides is 1. The quantitative estimate of drug-likeness (QED) is 0.825. The van der Waals surface area contributed by atoms with Crippen molar-refractivity contribution in [3.8, 4) is 11.3 Å². The SMILES string of the molecule is CN1CCOC[C@H](CNC(=O)c2cccc(-c3ccc(C(N)=O)cn3)c2)C1. The molecule has 0 aliphatic carbocycles. The highest BCUT2D eigenvalue weighted by Gasteiger charge is 2.17. The summed E-state index contributed by atoms with van der Waals surface area (Å²) in [6.07, 6.45) is 1.44. The van der Waals surface area contributed by atoms with Gasteiger partial charge in [-0.25, -0.2) is 0 Å².